The second-order valence-electron chi connectivity index (χ2n) is 20.6. The number of nitrogens with zero attached hydrogens (tertiary/aromatic N) is 9. The van der Waals surface area contributed by atoms with Crippen molar-refractivity contribution in [2.45, 2.75) is 0 Å². The molecule has 0 fully saturated rings. The SMILES string of the molecule is N#Cc1ccc(-c2cc(-c3ccc(-c4ccc(-c5cc(C#N)c(-n6c7ccc(-n8c9ccccc9c9ccccc98)cc7c7cc(-n8c9ccccc9c9ccccc98)ccc76)cc5C#N)cc4)cc3)nc(-c3ccc(C#N)cc3)n2)cc1. The standard InChI is InChI=1S/C74H41N9/c75-42-46-17-21-51(22-18-46)65-41-66(80-74(79-65)53-23-19-47(43-76)20-24-53)52-31-27-49(28-32-52)48-25-29-50(30-26-48)62-37-55(45-78)73(38-54(62)44-77)83-71-35-33-56(81-67-13-5-1-9-58(67)59-10-2-6-14-68(59)81)39-63(71)64-40-57(34-36-72(64)83)82-69-15-7-3-11-60(69)61-12-4-8-16-70(61)82/h1-41H. The van der Waals surface area contributed by atoms with Crippen LogP contribution in [-0.4, -0.2) is 23.7 Å². The van der Waals surface area contributed by atoms with Gasteiger partial charge in [-0.15, -0.1) is 0 Å². The molecule has 0 aliphatic rings. The first kappa shape index (κ1) is 48.0. The van der Waals surface area contributed by atoms with Gasteiger partial charge in [-0.05, 0) is 132 Å². The molecule has 0 radical (unpaired) electrons. The summed E-state index contributed by atoms with van der Waals surface area (Å²) in [5, 5.41) is 47.7. The van der Waals surface area contributed by atoms with Crippen molar-refractivity contribution in [1.82, 2.24) is 23.7 Å². The van der Waals surface area contributed by atoms with E-state index in [0.717, 1.165) is 94.3 Å². The van der Waals surface area contributed by atoms with Crippen LogP contribution in [0.3, 0.4) is 0 Å². The first-order chi connectivity index (χ1) is 40.9. The summed E-state index contributed by atoms with van der Waals surface area (Å²) in [6, 6.07) is 93.1. The van der Waals surface area contributed by atoms with Gasteiger partial charge in [0, 0.05) is 65.9 Å². The fourth-order valence-corrected chi connectivity index (χ4v) is 12.1. The van der Waals surface area contributed by atoms with Crippen molar-refractivity contribution >= 4 is 65.4 Å². The number of aromatic nitrogens is 5. The van der Waals surface area contributed by atoms with Gasteiger partial charge < -0.3 is 13.7 Å². The highest BCUT2D eigenvalue weighted by Crippen LogP contribution is 2.42. The maximum absolute atomic E-state index is 11.1. The van der Waals surface area contributed by atoms with Crippen molar-refractivity contribution in [3.05, 3.63) is 271 Å². The first-order valence-corrected chi connectivity index (χ1v) is 27.1. The monoisotopic (exact) mass is 1060 g/mol. The van der Waals surface area contributed by atoms with E-state index in [-0.39, 0.29) is 0 Å². The summed E-state index contributed by atoms with van der Waals surface area (Å²) in [5.41, 5.74) is 18.2. The highest BCUT2D eigenvalue weighted by atomic mass is 15.0. The molecule has 0 unspecified atom stereocenters. The van der Waals surface area contributed by atoms with Gasteiger partial charge in [0.15, 0.2) is 5.82 Å². The minimum Gasteiger partial charge on any atom is -0.309 e. The third-order valence-corrected chi connectivity index (χ3v) is 16.0. The molecular weight excluding hydrogens is 1010 g/mol. The van der Waals surface area contributed by atoms with E-state index >= 15 is 0 Å². The smallest absolute Gasteiger partial charge is 0.160 e. The van der Waals surface area contributed by atoms with Gasteiger partial charge >= 0.3 is 0 Å². The van der Waals surface area contributed by atoms with Crippen molar-refractivity contribution in [3.63, 3.8) is 0 Å². The predicted molar refractivity (Wildman–Crippen MR) is 331 cm³/mol. The zero-order chi connectivity index (χ0) is 55.7. The molecule has 0 amide bonds. The molecule has 0 bridgehead atoms. The summed E-state index contributed by atoms with van der Waals surface area (Å²) in [7, 11) is 0. The van der Waals surface area contributed by atoms with E-state index in [0.29, 0.717) is 45.0 Å². The molecule has 9 nitrogen and oxygen atoms in total. The minimum absolute atomic E-state index is 0.435. The molecule has 0 saturated heterocycles. The summed E-state index contributed by atoms with van der Waals surface area (Å²) >= 11 is 0. The summed E-state index contributed by atoms with van der Waals surface area (Å²) < 4.78 is 6.81. The Morgan fingerprint density at radius 2 is 0.651 bits per heavy atom. The zero-order valence-electron chi connectivity index (χ0n) is 44.2. The van der Waals surface area contributed by atoms with Crippen molar-refractivity contribution in [2.24, 2.45) is 0 Å². The zero-order valence-corrected chi connectivity index (χ0v) is 44.2. The van der Waals surface area contributed by atoms with Gasteiger partial charge in [0.05, 0.1) is 90.6 Å². The summed E-state index contributed by atoms with van der Waals surface area (Å²) in [6.45, 7) is 0. The highest BCUT2D eigenvalue weighted by molar-refractivity contribution is 6.14. The first-order valence-electron chi connectivity index (χ1n) is 27.1. The number of hydrogen-bond acceptors (Lipinski definition) is 6. The molecule has 0 atom stereocenters. The average molecular weight is 1060 g/mol. The van der Waals surface area contributed by atoms with Crippen LogP contribution in [-0.2, 0) is 0 Å². The highest BCUT2D eigenvalue weighted by Gasteiger charge is 2.22. The van der Waals surface area contributed by atoms with E-state index in [1.165, 1.54) is 21.5 Å². The molecule has 11 aromatic carbocycles. The van der Waals surface area contributed by atoms with Crippen LogP contribution >= 0.6 is 0 Å². The molecule has 83 heavy (non-hydrogen) atoms. The average Bonchev–Trinajstić information content (AvgIpc) is 3.41. The van der Waals surface area contributed by atoms with Crippen LogP contribution in [0.15, 0.2) is 249 Å². The number of para-hydroxylation sites is 4. The maximum Gasteiger partial charge on any atom is 0.160 e. The van der Waals surface area contributed by atoms with Crippen LogP contribution in [0.2, 0.25) is 0 Å². The minimum atomic E-state index is 0.435. The molecule has 0 spiro atoms. The Hall–Kier alpha value is -12.1. The Morgan fingerprint density at radius 1 is 0.277 bits per heavy atom. The van der Waals surface area contributed by atoms with Gasteiger partial charge in [-0.1, -0.05) is 133 Å². The predicted octanol–water partition coefficient (Wildman–Crippen LogP) is 17.6. The molecule has 9 heteroatoms. The molecule has 4 heterocycles. The van der Waals surface area contributed by atoms with Crippen LogP contribution in [0.1, 0.15) is 22.3 Å². The lowest BCUT2D eigenvalue weighted by Gasteiger charge is -2.15. The van der Waals surface area contributed by atoms with Crippen LogP contribution in [0.25, 0.3) is 139 Å². The normalized spacial score (nSPS) is 11.3. The second kappa shape index (κ2) is 19.3. The topological polar surface area (TPSA) is 136 Å². The summed E-state index contributed by atoms with van der Waals surface area (Å²) in [5.74, 6) is 0.514. The molecule has 0 aliphatic heterocycles. The number of hydrogen-bond donors (Lipinski definition) is 0. The van der Waals surface area contributed by atoms with E-state index in [4.69, 9.17) is 9.97 Å². The Balaban J connectivity index is 0.820. The van der Waals surface area contributed by atoms with Crippen LogP contribution in [0, 0.1) is 45.3 Å². The van der Waals surface area contributed by atoms with Crippen LogP contribution < -0.4 is 0 Å². The molecule has 0 aliphatic carbocycles. The van der Waals surface area contributed by atoms with Gasteiger partial charge in [0.1, 0.15) is 6.07 Å². The largest absolute Gasteiger partial charge is 0.309 e. The quantitative estimate of drug-likeness (QED) is 0.149. The lowest BCUT2D eigenvalue weighted by atomic mass is 9.94. The summed E-state index contributed by atoms with van der Waals surface area (Å²) in [4.78, 5) is 9.89. The van der Waals surface area contributed by atoms with Gasteiger partial charge in [-0.2, -0.15) is 21.0 Å². The summed E-state index contributed by atoms with van der Waals surface area (Å²) in [6.07, 6.45) is 0. The van der Waals surface area contributed by atoms with Crippen molar-refractivity contribution in [2.75, 3.05) is 0 Å². The number of benzene rings is 11. The van der Waals surface area contributed by atoms with Crippen molar-refractivity contribution in [3.8, 4) is 97.5 Å². The fraction of sp³-hybridized carbons (Fsp3) is 0. The molecule has 4 aromatic heterocycles. The number of nitriles is 4. The van der Waals surface area contributed by atoms with Crippen LogP contribution in [0.4, 0.5) is 0 Å². The van der Waals surface area contributed by atoms with Crippen LogP contribution in [0.5, 0.6) is 0 Å². The lowest BCUT2D eigenvalue weighted by Crippen LogP contribution is -2.01. The van der Waals surface area contributed by atoms with E-state index in [2.05, 4.69) is 184 Å². The Morgan fingerprint density at radius 3 is 1.07 bits per heavy atom. The van der Waals surface area contributed by atoms with E-state index in [1.807, 2.05) is 78.9 Å². The molecule has 0 N–H and O–H groups in total. The van der Waals surface area contributed by atoms with Gasteiger partial charge in [-0.25, -0.2) is 9.97 Å². The number of fused-ring (bicyclic) bond motifs is 9. The van der Waals surface area contributed by atoms with Gasteiger partial charge in [-0.3, -0.25) is 0 Å². The second-order valence-corrected chi connectivity index (χ2v) is 20.6. The van der Waals surface area contributed by atoms with E-state index in [9.17, 15) is 21.0 Å². The molecule has 15 aromatic rings. The van der Waals surface area contributed by atoms with Crippen molar-refractivity contribution < 1.29 is 0 Å². The molecular formula is C74H41N9. The van der Waals surface area contributed by atoms with Gasteiger partial charge in [0.25, 0.3) is 0 Å². The van der Waals surface area contributed by atoms with Crippen molar-refractivity contribution in [1.29, 1.82) is 21.0 Å². The van der Waals surface area contributed by atoms with E-state index in [1.54, 1.807) is 24.3 Å². The van der Waals surface area contributed by atoms with Gasteiger partial charge in [0.2, 0.25) is 0 Å². The lowest BCUT2D eigenvalue weighted by molar-refractivity contribution is 1.15. The fourth-order valence-electron chi connectivity index (χ4n) is 12.1. The maximum atomic E-state index is 11.1. The Kier molecular flexibility index (Phi) is 11.2. The molecule has 382 valence electrons. The molecule has 0 saturated carbocycles. The Labute approximate surface area is 476 Å². The third-order valence-electron chi connectivity index (χ3n) is 16.0. The third kappa shape index (κ3) is 7.90. The Bertz CT molecular complexity index is 4990. The molecule has 15 rings (SSSR count). The number of rotatable bonds is 8. The van der Waals surface area contributed by atoms with E-state index < -0.39 is 0 Å².